The number of anilines is 1. The molecule has 5 nitrogen and oxygen atoms in total. The number of aromatic nitrogens is 1. The standard InChI is InChI=1S/C18H18N4O/c19-12-13-2-1-3-15(10-13)16-6-9-21-17(11-16)22-18(23)14-4-7-20-8-5-14/h1-3,6,9-11,14,20H,4-5,7-8H2,(H,21,22,23). The molecule has 1 aliphatic rings. The molecule has 0 unspecified atom stereocenters. The molecule has 0 aliphatic carbocycles. The molecule has 3 rings (SSSR count). The van der Waals surface area contributed by atoms with Crippen LogP contribution in [-0.2, 0) is 4.79 Å². The summed E-state index contributed by atoms with van der Waals surface area (Å²) in [5.41, 5.74) is 2.47. The highest BCUT2D eigenvalue weighted by Gasteiger charge is 2.21. The maximum absolute atomic E-state index is 12.3. The molecular weight excluding hydrogens is 288 g/mol. The van der Waals surface area contributed by atoms with E-state index in [0.717, 1.165) is 37.1 Å². The minimum absolute atomic E-state index is 0.0296. The first-order valence-corrected chi connectivity index (χ1v) is 7.74. The maximum Gasteiger partial charge on any atom is 0.228 e. The lowest BCUT2D eigenvalue weighted by atomic mass is 9.97. The third-order valence-corrected chi connectivity index (χ3v) is 4.05. The van der Waals surface area contributed by atoms with Crippen molar-refractivity contribution >= 4 is 11.7 Å². The van der Waals surface area contributed by atoms with Gasteiger partial charge in [0, 0.05) is 12.1 Å². The van der Waals surface area contributed by atoms with Gasteiger partial charge in [-0.3, -0.25) is 4.79 Å². The van der Waals surface area contributed by atoms with Gasteiger partial charge in [0.1, 0.15) is 5.82 Å². The molecule has 1 aromatic heterocycles. The van der Waals surface area contributed by atoms with Gasteiger partial charge in [-0.1, -0.05) is 12.1 Å². The fourth-order valence-corrected chi connectivity index (χ4v) is 2.76. The number of carbonyl (C=O) groups excluding carboxylic acids is 1. The SMILES string of the molecule is N#Cc1cccc(-c2ccnc(NC(=O)C3CCNCC3)c2)c1. The van der Waals surface area contributed by atoms with E-state index < -0.39 is 0 Å². The molecule has 2 aromatic rings. The van der Waals surface area contributed by atoms with Crippen molar-refractivity contribution in [3.05, 3.63) is 48.2 Å². The van der Waals surface area contributed by atoms with Crippen LogP contribution < -0.4 is 10.6 Å². The molecule has 1 aliphatic heterocycles. The van der Waals surface area contributed by atoms with Crippen molar-refractivity contribution in [3.63, 3.8) is 0 Å². The summed E-state index contributed by atoms with van der Waals surface area (Å²) in [6.45, 7) is 1.76. The van der Waals surface area contributed by atoms with Crippen LogP contribution in [-0.4, -0.2) is 24.0 Å². The Hall–Kier alpha value is -2.71. The fraction of sp³-hybridized carbons (Fsp3) is 0.278. The molecule has 5 heteroatoms. The fourth-order valence-electron chi connectivity index (χ4n) is 2.76. The summed E-state index contributed by atoms with van der Waals surface area (Å²) in [6, 6.07) is 13.2. The van der Waals surface area contributed by atoms with Crippen molar-refractivity contribution in [3.8, 4) is 17.2 Å². The first kappa shape index (κ1) is 15.2. The summed E-state index contributed by atoms with van der Waals surface area (Å²) >= 11 is 0. The number of piperidine rings is 1. The summed E-state index contributed by atoms with van der Waals surface area (Å²) in [5, 5.41) is 15.2. The van der Waals surface area contributed by atoms with E-state index in [2.05, 4.69) is 21.7 Å². The summed E-state index contributed by atoms with van der Waals surface area (Å²) in [4.78, 5) is 16.5. The monoisotopic (exact) mass is 306 g/mol. The number of hydrogen-bond donors (Lipinski definition) is 2. The van der Waals surface area contributed by atoms with E-state index >= 15 is 0 Å². The third kappa shape index (κ3) is 3.74. The van der Waals surface area contributed by atoms with Gasteiger partial charge in [0.05, 0.1) is 11.6 Å². The lowest BCUT2D eigenvalue weighted by molar-refractivity contribution is -0.120. The normalized spacial score (nSPS) is 14.9. The van der Waals surface area contributed by atoms with Gasteiger partial charge in [-0.2, -0.15) is 5.26 Å². The van der Waals surface area contributed by atoms with E-state index in [9.17, 15) is 4.79 Å². The molecule has 1 fully saturated rings. The zero-order valence-electron chi connectivity index (χ0n) is 12.7. The van der Waals surface area contributed by atoms with Crippen LogP contribution in [0.1, 0.15) is 18.4 Å². The minimum Gasteiger partial charge on any atom is -0.317 e. The molecule has 0 bridgehead atoms. The predicted octanol–water partition coefficient (Wildman–Crippen LogP) is 2.56. The molecular formula is C18H18N4O. The topological polar surface area (TPSA) is 77.8 Å². The van der Waals surface area contributed by atoms with Crippen molar-refractivity contribution in [2.75, 3.05) is 18.4 Å². The molecule has 0 atom stereocenters. The van der Waals surface area contributed by atoms with Gasteiger partial charge in [-0.15, -0.1) is 0 Å². The van der Waals surface area contributed by atoms with Crippen LogP contribution in [0.4, 0.5) is 5.82 Å². The second-order valence-corrected chi connectivity index (χ2v) is 5.64. The Labute approximate surface area is 135 Å². The third-order valence-electron chi connectivity index (χ3n) is 4.05. The van der Waals surface area contributed by atoms with Gasteiger partial charge in [0.25, 0.3) is 0 Å². The van der Waals surface area contributed by atoms with Crippen molar-refractivity contribution in [2.45, 2.75) is 12.8 Å². The van der Waals surface area contributed by atoms with E-state index in [4.69, 9.17) is 5.26 Å². The first-order valence-electron chi connectivity index (χ1n) is 7.74. The zero-order chi connectivity index (χ0) is 16.1. The van der Waals surface area contributed by atoms with Crippen LogP contribution in [0.3, 0.4) is 0 Å². The van der Waals surface area contributed by atoms with Gasteiger partial charge in [-0.05, 0) is 61.3 Å². The van der Waals surface area contributed by atoms with Gasteiger partial charge in [0.15, 0.2) is 0 Å². The first-order chi connectivity index (χ1) is 11.3. The van der Waals surface area contributed by atoms with Crippen LogP contribution in [0, 0.1) is 17.2 Å². The van der Waals surface area contributed by atoms with E-state index in [0.29, 0.717) is 11.4 Å². The zero-order valence-corrected chi connectivity index (χ0v) is 12.7. The van der Waals surface area contributed by atoms with E-state index in [-0.39, 0.29) is 11.8 Å². The summed E-state index contributed by atoms with van der Waals surface area (Å²) in [5.74, 6) is 0.624. The Balaban J connectivity index is 1.77. The Morgan fingerprint density at radius 3 is 2.78 bits per heavy atom. The van der Waals surface area contributed by atoms with Gasteiger partial charge in [0.2, 0.25) is 5.91 Å². The number of carbonyl (C=O) groups is 1. The molecule has 1 saturated heterocycles. The smallest absolute Gasteiger partial charge is 0.228 e. The molecule has 1 amide bonds. The van der Waals surface area contributed by atoms with Crippen LogP contribution in [0.15, 0.2) is 42.6 Å². The highest BCUT2D eigenvalue weighted by atomic mass is 16.1. The number of nitriles is 1. The van der Waals surface area contributed by atoms with E-state index in [1.807, 2.05) is 30.3 Å². The number of rotatable bonds is 3. The molecule has 116 valence electrons. The summed E-state index contributed by atoms with van der Waals surface area (Å²) < 4.78 is 0. The Bertz CT molecular complexity index is 745. The highest BCUT2D eigenvalue weighted by molar-refractivity contribution is 5.92. The number of amides is 1. The predicted molar refractivity (Wildman–Crippen MR) is 88.6 cm³/mol. The largest absolute Gasteiger partial charge is 0.317 e. The summed E-state index contributed by atoms with van der Waals surface area (Å²) in [7, 11) is 0. The van der Waals surface area contributed by atoms with Gasteiger partial charge < -0.3 is 10.6 Å². The molecule has 0 saturated carbocycles. The number of nitrogens with one attached hydrogen (secondary N) is 2. The van der Waals surface area contributed by atoms with Crippen molar-refractivity contribution in [1.29, 1.82) is 5.26 Å². The quantitative estimate of drug-likeness (QED) is 0.913. The van der Waals surface area contributed by atoms with Crippen molar-refractivity contribution in [2.24, 2.45) is 5.92 Å². The van der Waals surface area contributed by atoms with Crippen LogP contribution in [0.25, 0.3) is 11.1 Å². The molecule has 2 heterocycles. The van der Waals surface area contributed by atoms with Crippen LogP contribution >= 0.6 is 0 Å². The Kier molecular flexibility index (Phi) is 4.65. The minimum atomic E-state index is 0.0296. The molecule has 0 spiro atoms. The number of hydrogen-bond acceptors (Lipinski definition) is 4. The Morgan fingerprint density at radius 2 is 2.00 bits per heavy atom. The Morgan fingerprint density at radius 1 is 1.22 bits per heavy atom. The molecule has 2 N–H and O–H groups in total. The number of benzene rings is 1. The van der Waals surface area contributed by atoms with Crippen LogP contribution in [0.2, 0.25) is 0 Å². The lowest BCUT2D eigenvalue weighted by Crippen LogP contribution is -2.34. The average Bonchev–Trinajstić information content (AvgIpc) is 2.63. The molecule has 23 heavy (non-hydrogen) atoms. The second kappa shape index (κ2) is 7.03. The van der Waals surface area contributed by atoms with Gasteiger partial charge in [-0.25, -0.2) is 4.98 Å². The maximum atomic E-state index is 12.3. The molecule has 1 aromatic carbocycles. The van der Waals surface area contributed by atoms with Gasteiger partial charge >= 0.3 is 0 Å². The van der Waals surface area contributed by atoms with E-state index in [1.54, 1.807) is 12.3 Å². The second-order valence-electron chi connectivity index (χ2n) is 5.64. The van der Waals surface area contributed by atoms with Crippen molar-refractivity contribution < 1.29 is 4.79 Å². The van der Waals surface area contributed by atoms with E-state index in [1.165, 1.54) is 0 Å². The van der Waals surface area contributed by atoms with Crippen molar-refractivity contribution in [1.82, 2.24) is 10.3 Å². The average molecular weight is 306 g/mol. The molecule has 0 radical (unpaired) electrons. The number of nitrogens with zero attached hydrogens (tertiary/aromatic N) is 2. The number of pyridine rings is 1. The highest BCUT2D eigenvalue weighted by Crippen LogP contribution is 2.23. The van der Waals surface area contributed by atoms with Crippen LogP contribution in [0.5, 0.6) is 0 Å². The lowest BCUT2D eigenvalue weighted by Gasteiger charge is -2.21. The summed E-state index contributed by atoms with van der Waals surface area (Å²) in [6.07, 6.45) is 3.39.